The van der Waals surface area contributed by atoms with Gasteiger partial charge < -0.3 is 15.5 Å². The maximum Gasteiger partial charge on any atom is 0.268 e. The van der Waals surface area contributed by atoms with Crippen molar-refractivity contribution in [1.29, 1.82) is 10.5 Å². The number of anilines is 1. The molecule has 6 nitrogen and oxygen atoms in total. The smallest absolute Gasteiger partial charge is 0.268 e. The Morgan fingerprint density at radius 1 is 1.30 bits per heavy atom. The van der Waals surface area contributed by atoms with Crippen LogP contribution in [0.25, 0.3) is 11.1 Å². The highest BCUT2D eigenvalue weighted by molar-refractivity contribution is 6.31. The number of hydrogen-bond acceptors (Lipinski definition) is 5. The molecular formula is C16H13ClN4O2. The minimum atomic E-state index is -0.666. The fourth-order valence-electron chi connectivity index (χ4n) is 2.15. The lowest BCUT2D eigenvalue weighted by Crippen LogP contribution is -2.16. The first-order chi connectivity index (χ1) is 11.0. The van der Waals surface area contributed by atoms with E-state index in [2.05, 4.69) is 4.98 Å². The Bertz CT molecular complexity index is 891. The molecule has 0 aliphatic carbocycles. The van der Waals surface area contributed by atoms with Gasteiger partial charge in [0.05, 0.1) is 6.61 Å². The Labute approximate surface area is 137 Å². The lowest BCUT2D eigenvalue weighted by molar-refractivity contribution is 0.318. The molecule has 0 aliphatic rings. The summed E-state index contributed by atoms with van der Waals surface area (Å²) in [5, 5.41) is 19.1. The molecule has 0 amide bonds. The van der Waals surface area contributed by atoms with Crippen LogP contribution < -0.4 is 16.0 Å². The minimum Gasteiger partial charge on any atom is -0.493 e. The van der Waals surface area contributed by atoms with Gasteiger partial charge in [-0.3, -0.25) is 4.79 Å². The lowest BCUT2D eigenvalue weighted by Gasteiger charge is -2.14. The molecule has 7 heteroatoms. The van der Waals surface area contributed by atoms with Crippen molar-refractivity contribution < 1.29 is 4.74 Å². The summed E-state index contributed by atoms with van der Waals surface area (Å²) in [4.78, 5) is 14.3. The van der Waals surface area contributed by atoms with Gasteiger partial charge >= 0.3 is 0 Å². The number of hydrogen-bond donors (Lipinski definition) is 2. The number of rotatable bonds is 4. The fourth-order valence-corrected chi connectivity index (χ4v) is 2.32. The third-order valence-electron chi connectivity index (χ3n) is 3.14. The van der Waals surface area contributed by atoms with Crippen molar-refractivity contribution in [3.8, 4) is 29.0 Å². The third kappa shape index (κ3) is 3.13. The number of H-pyrrole nitrogens is 1. The van der Waals surface area contributed by atoms with Crippen molar-refractivity contribution in [3.63, 3.8) is 0 Å². The standard InChI is InChI=1S/C16H13ClN4O2/c1-2-5-23-13-4-3-9(17)6-10(13)14-11(7-18)15(20)21-16(22)12(14)8-19/h3-4,6H,2,5H2,1H3,(H3,20,21,22). The van der Waals surface area contributed by atoms with Gasteiger partial charge in [-0.25, -0.2) is 0 Å². The van der Waals surface area contributed by atoms with E-state index in [0.717, 1.165) is 6.42 Å². The molecular weight excluding hydrogens is 316 g/mol. The van der Waals surface area contributed by atoms with Crippen LogP contribution in [0.1, 0.15) is 24.5 Å². The van der Waals surface area contributed by atoms with Crippen LogP contribution in [0.3, 0.4) is 0 Å². The zero-order chi connectivity index (χ0) is 17.0. The van der Waals surface area contributed by atoms with Gasteiger partial charge in [0.25, 0.3) is 5.56 Å². The van der Waals surface area contributed by atoms with Gasteiger partial charge in [0.15, 0.2) is 0 Å². The number of nitrogens with zero attached hydrogens (tertiary/aromatic N) is 2. The van der Waals surface area contributed by atoms with E-state index in [9.17, 15) is 15.3 Å². The second-order valence-electron chi connectivity index (χ2n) is 4.71. The third-order valence-corrected chi connectivity index (χ3v) is 3.38. The van der Waals surface area contributed by atoms with E-state index >= 15 is 0 Å². The molecule has 23 heavy (non-hydrogen) atoms. The highest BCUT2D eigenvalue weighted by Crippen LogP contribution is 2.37. The Balaban J connectivity index is 2.87. The topological polar surface area (TPSA) is 116 Å². The molecule has 3 N–H and O–H groups in total. The van der Waals surface area contributed by atoms with E-state index in [4.69, 9.17) is 22.1 Å². The van der Waals surface area contributed by atoms with Crippen LogP contribution in [-0.2, 0) is 0 Å². The summed E-state index contributed by atoms with van der Waals surface area (Å²) >= 11 is 6.03. The summed E-state index contributed by atoms with van der Waals surface area (Å²) in [6, 6.07) is 8.55. The molecule has 116 valence electrons. The van der Waals surface area contributed by atoms with Crippen LogP contribution in [0.4, 0.5) is 5.82 Å². The summed E-state index contributed by atoms with van der Waals surface area (Å²) < 4.78 is 5.64. The van der Waals surface area contributed by atoms with Crippen molar-refractivity contribution in [2.24, 2.45) is 0 Å². The van der Waals surface area contributed by atoms with Gasteiger partial charge in [-0.15, -0.1) is 0 Å². The average Bonchev–Trinajstić information content (AvgIpc) is 2.53. The number of nitrogens with one attached hydrogen (secondary N) is 1. The Kier molecular flexibility index (Phi) is 4.90. The van der Waals surface area contributed by atoms with Gasteiger partial charge in [0.2, 0.25) is 0 Å². The van der Waals surface area contributed by atoms with E-state index < -0.39 is 5.56 Å². The molecule has 2 rings (SSSR count). The molecule has 1 aromatic carbocycles. The molecule has 0 bridgehead atoms. The maximum atomic E-state index is 12.0. The van der Waals surface area contributed by atoms with Crippen molar-refractivity contribution in [3.05, 3.63) is 44.7 Å². The number of aromatic nitrogens is 1. The predicted molar refractivity (Wildman–Crippen MR) is 87.1 cm³/mol. The van der Waals surface area contributed by atoms with E-state index in [0.29, 0.717) is 22.9 Å². The van der Waals surface area contributed by atoms with Crippen molar-refractivity contribution in [2.45, 2.75) is 13.3 Å². The Morgan fingerprint density at radius 3 is 2.61 bits per heavy atom. The van der Waals surface area contributed by atoms with Crippen LogP contribution in [0.5, 0.6) is 5.75 Å². The summed E-state index contributed by atoms with van der Waals surface area (Å²) in [6.45, 7) is 2.39. The van der Waals surface area contributed by atoms with Crippen molar-refractivity contribution in [2.75, 3.05) is 12.3 Å². The Morgan fingerprint density at radius 2 is 2.00 bits per heavy atom. The average molecular weight is 329 g/mol. The van der Waals surface area contributed by atoms with Crippen LogP contribution in [0, 0.1) is 22.7 Å². The van der Waals surface area contributed by atoms with Gasteiger partial charge in [-0.1, -0.05) is 18.5 Å². The van der Waals surface area contributed by atoms with Gasteiger partial charge in [-0.05, 0) is 24.6 Å². The molecule has 2 aromatic rings. The van der Waals surface area contributed by atoms with Crippen molar-refractivity contribution >= 4 is 17.4 Å². The normalized spacial score (nSPS) is 9.91. The molecule has 0 unspecified atom stereocenters. The molecule has 1 aromatic heterocycles. The number of aromatic amines is 1. The van der Waals surface area contributed by atoms with E-state index in [1.54, 1.807) is 18.2 Å². The first kappa shape index (κ1) is 16.4. The monoisotopic (exact) mass is 328 g/mol. The highest BCUT2D eigenvalue weighted by atomic mass is 35.5. The molecule has 0 fully saturated rings. The molecule has 0 atom stereocenters. The van der Waals surface area contributed by atoms with Gasteiger partial charge in [0.1, 0.15) is 34.8 Å². The summed E-state index contributed by atoms with van der Waals surface area (Å²) in [6.07, 6.45) is 0.774. The summed E-state index contributed by atoms with van der Waals surface area (Å²) in [7, 11) is 0. The second-order valence-corrected chi connectivity index (χ2v) is 5.14. The molecule has 0 radical (unpaired) electrons. The van der Waals surface area contributed by atoms with Crippen LogP contribution in [0.2, 0.25) is 5.02 Å². The lowest BCUT2D eigenvalue weighted by atomic mass is 9.96. The van der Waals surface area contributed by atoms with Crippen LogP contribution >= 0.6 is 11.6 Å². The van der Waals surface area contributed by atoms with E-state index in [1.807, 2.05) is 19.1 Å². The summed E-state index contributed by atoms with van der Waals surface area (Å²) in [5.74, 6) is 0.321. The predicted octanol–water partition coefficient (Wildman–Crippen LogP) is 2.81. The molecule has 0 aliphatic heterocycles. The molecule has 0 spiro atoms. The maximum absolute atomic E-state index is 12.0. The number of ether oxygens (including phenoxy) is 1. The molecule has 1 heterocycles. The number of nitriles is 2. The van der Waals surface area contributed by atoms with E-state index in [-0.39, 0.29) is 22.5 Å². The number of nitrogens with two attached hydrogens (primary N) is 1. The quantitative estimate of drug-likeness (QED) is 0.895. The van der Waals surface area contributed by atoms with Gasteiger partial charge in [0, 0.05) is 16.1 Å². The Hall–Kier alpha value is -2.96. The first-order valence-corrected chi connectivity index (χ1v) is 7.19. The van der Waals surface area contributed by atoms with Crippen LogP contribution in [0.15, 0.2) is 23.0 Å². The minimum absolute atomic E-state index is 0.00441. The number of nitrogen functional groups attached to an aromatic ring is 1. The first-order valence-electron chi connectivity index (χ1n) is 6.82. The van der Waals surface area contributed by atoms with Gasteiger partial charge in [-0.2, -0.15) is 10.5 Å². The van der Waals surface area contributed by atoms with Crippen molar-refractivity contribution in [1.82, 2.24) is 4.98 Å². The zero-order valence-corrected chi connectivity index (χ0v) is 13.1. The SMILES string of the molecule is CCCOc1ccc(Cl)cc1-c1c(C#N)c(N)[nH]c(=O)c1C#N. The van der Waals surface area contributed by atoms with E-state index in [1.165, 1.54) is 0 Å². The summed E-state index contributed by atoms with van der Waals surface area (Å²) in [5.41, 5.74) is 5.37. The largest absolute Gasteiger partial charge is 0.493 e. The molecule has 0 saturated carbocycles. The van der Waals surface area contributed by atoms with Crippen LogP contribution in [-0.4, -0.2) is 11.6 Å². The number of benzene rings is 1. The second kappa shape index (κ2) is 6.87. The fraction of sp³-hybridized carbons (Fsp3) is 0.188. The highest BCUT2D eigenvalue weighted by Gasteiger charge is 2.21. The zero-order valence-electron chi connectivity index (χ0n) is 12.3. The molecule has 0 saturated heterocycles. The number of pyridine rings is 1. The number of halogens is 1.